The van der Waals surface area contributed by atoms with Crippen LogP contribution in [-0.4, -0.2) is 66.4 Å². The van der Waals surface area contributed by atoms with Crippen molar-refractivity contribution in [1.29, 1.82) is 0 Å². The Balaban J connectivity index is 3.06. The molecule has 1 radical (unpaired) electrons. The molecule has 11 heteroatoms. The van der Waals surface area contributed by atoms with Crippen LogP contribution in [0.5, 0.6) is 5.75 Å². The van der Waals surface area contributed by atoms with Crippen LogP contribution in [0.2, 0.25) is 0 Å². The van der Waals surface area contributed by atoms with Gasteiger partial charge in [0.25, 0.3) is 0 Å². The molecule has 1 aromatic carbocycles. The lowest BCUT2D eigenvalue weighted by atomic mass is 10.0. The Morgan fingerprint density at radius 3 is 1.95 bits per heavy atom. The Labute approximate surface area is 225 Å². The molecule has 0 aliphatic carbocycles. The van der Waals surface area contributed by atoms with E-state index < -0.39 is 41.9 Å². The van der Waals surface area contributed by atoms with Crippen molar-refractivity contribution >= 4 is 24.0 Å². The fourth-order valence-corrected chi connectivity index (χ4v) is 3.91. The van der Waals surface area contributed by atoms with Gasteiger partial charge in [0.2, 0.25) is 24.0 Å². The van der Waals surface area contributed by atoms with Gasteiger partial charge in [-0.05, 0) is 75.2 Å². The van der Waals surface area contributed by atoms with Gasteiger partial charge in [-0.15, -0.1) is 0 Å². The maximum atomic E-state index is 13.3. The predicted octanol–water partition coefficient (Wildman–Crippen LogP) is 0.130. The van der Waals surface area contributed by atoms with Gasteiger partial charge in [0, 0.05) is 6.42 Å². The summed E-state index contributed by atoms with van der Waals surface area (Å²) in [6.07, 6.45) is 5.77. The molecule has 0 aliphatic rings. The maximum Gasteiger partial charge on any atom is 0.243 e. The second-order valence-electron chi connectivity index (χ2n) is 9.98. The van der Waals surface area contributed by atoms with E-state index in [0.29, 0.717) is 57.2 Å². The van der Waals surface area contributed by atoms with Crippen molar-refractivity contribution in [1.82, 2.24) is 16.0 Å². The number of benzene rings is 1. The number of aromatic hydroxyl groups is 1. The predicted molar refractivity (Wildman–Crippen MR) is 147 cm³/mol. The molecule has 0 unspecified atom stereocenters. The number of unbranched alkanes of at least 4 members (excludes halogenated alkanes) is 2. The number of hydrogen-bond acceptors (Lipinski definition) is 8. The summed E-state index contributed by atoms with van der Waals surface area (Å²) in [7, 11) is 0. The first-order valence-corrected chi connectivity index (χ1v) is 13.3. The molecule has 0 bridgehead atoms. The molecule has 0 fully saturated rings. The Morgan fingerprint density at radius 1 is 0.842 bits per heavy atom. The molecule has 0 saturated carbocycles. The average molecular weight is 534 g/mol. The monoisotopic (exact) mass is 533 g/mol. The molecule has 0 heterocycles. The molecule has 0 spiro atoms. The van der Waals surface area contributed by atoms with Crippen LogP contribution in [0.25, 0.3) is 0 Å². The van der Waals surface area contributed by atoms with Gasteiger partial charge in [-0.25, -0.2) is 0 Å². The molecule has 1 aromatic rings. The fourth-order valence-electron chi connectivity index (χ4n) is 3.91. The van der Waals surface area contributed by atoms with Crippen molar-refractivity contribution in [2.75, 3.05) is 13.1 Å². The third kappa shape index (κ3) is 13.0. The third-order valence-electron chi connectivity index (χ3n) is 6.06. The molecule has 3 amide bonds. The standard InChI is InChI=1S/C27H45N6O5/c1-18(2)15-20(17-34)31-27(38)24(16-19-9-11-21(35)12-10-19)33-26(37)23(8-4-6-14-29)32-25(36)22(30)7-3-5-13-28/h9-12,18,20,22-24,35H,3-8,13-16,28-30H2,1-2H3,(H,31,38)(H,32,36)(H,33,37)/t20-,22-,23-,24-/m0/s1. The Morgan fingerprint density at radius 2 is 1.39 bits per heavy atom. The SMILES string of the molecule is CC(C)C[C@@H]([C]=O)NC(=O)[C@H](Cc1ccc(O)cc1)NC(=O)[C@H](CCCCN)NC(=O)[C@@H](N)CCCCN. The normalized spacial score (nSPS) is 14.3. The molecule has 213 valence electrons. The number of nitrogens with one attached hydrogen (secondary N) is 3. The number of phenolic OH excluding ortho intramolecular Hbond substituents is 1. The summed E-state index contributed by atoms with van der Waals surface area (Å²) in [6, 6.07) is 2.66. The van der Waals surface area contributed by atoms with E-state index in [1.54, 1.807) is 12.1 Å². The highest BCUT2D eigenvalue weighted by atomic mass is 16.3. The van der Waals surface area contributed by atoms with Crippen molar-refractivity contribution < 1.29 is 24.3 Å². The fraction of sp³-hybridized carbons (Fsp3) is 0.630. The minimum Gasteiger partial charge on any atom is -0.508 e. The van der Waals surface area contributed by atoms with Crippen molar-refractivity contribution in [2.24, 2.45) is 23.1 Å². The summed E-state index contributed by atoms with van der Waals surface area (Å²) in [6.45, 7) is 4.78. The summed E-state index contributed by atoms with van der Waals surface area (Å²) < 4.78 is 0. The number of rotatable bonds is 19. The summed E-state index contributed by atoms with van der Waals surface area (Å²) in [4.78, 5) is 50.6. The van der Waals surface area contributed by atoms with E-state index in [4.69, 9.17) is 17.2 Å². The second kappa shape index (κ2) is 18.3. The van der Waals surface area contributed by atoms with Crippen molar-refractivity contribution in [2.45, 2.75) is 89.4 Å². The summed E-state index contributed by atoms with van der Waals surface area (Å²) in [5.74, 6) is -1.34. The summed E-state index contributed by atoms with van der Waals surface area (Å²) in [5.41, 5.74) is 17.8. The smallest absolute Gasteiger partial charge is 0.243 e. The summed E-state index contributed by atoms with van der Waals surface area (Å²) >= 11 is 0. The molecule has 38 heavy (non-hydrogen) atoms. The largest absolute Gasteiger partial charge is 0.508 e. The molecule has 10 N–H and O–H groups in total. The van der Waals surface area contributed by atoms with E-state index in [0.717, 1.165) is 6.42 Å². The van der Waals surface area contributed by atoms with Crippen LogP contribution in [-0.2, 0) is 25.6 Å². The molecule has 11 nitrogen and oxygen atoms in total. The highest BCUT2D eigenvalue weighted by molar-refractivity contribution is 5.93. The third-order valence-corrected chi connectivity index (χ3v) is 6.06. The minimum absolute atomic E-state index is 0.0665. The van der Waals surface area contributed by atoms with Gasteiger partial charge >= 0.3 is 0 Å². The van der Waals surface area contributed by atoms with Gasteiger partial charge in [-0.1, -0.05) is 32.4 Å². The molecular formula is C27H45N6O5. The molecule has 0 aliphatic heterocycles. The first kappa shape index (κ1) is 33.0. The van der Waals surface area contributed by atoms with E-state index in [-0.39, 0.29) is 18.1 Å². The molecule has 1 rings (SSSR count). The second-order valence-corrected chi connectivity index (χ2v) is 9.98. The van der Waals surface area contributed by atoms with E-state index >= 15 is 0 Å². The van der Waals surface area contributed by atoms with Crippen molar-refractivity contribution in [3.63, 3.8) is 0 Å². The molecule has 0 saturated heterocycles. The minimum atomic E-state index is -1.04. The zero-order valence-corrected chi connectivity index (χ0v) is 22.6. The summed E-state index contributed by atoms with van der Waals surface area (Å²) in [5, 5.41) is 17.7. The van der Waals surface area contributed by atoms with Gasteiger partial charge in [-0.2, -0.15) is 0 Å². The first-order valence-electron chi connectivity index (χ1n) is 13.3. The molecular weight excluding hydrogens is 488 g/mol. The van der Waals surface area contributed by atoms with Crippen molar-refractivity contribution in [3.05, 3.63) is 29.8 Å². The number of nitrogens with two attached hydrogens (primary N) is 3. The Hall–Kier alpha value is -3.02. The zero-order valence-electron chi connectivity index (χ0n) is 22.6. The van der Waals surface area contributed by atoms with Crippen LogP contribution in [0.1, 0.15) is 64.4 Å². The maximum absolute atomic E-state index is 13.3. The highest BCUT2D eigenvalue weighted by Crippen LogP contribution is 2.13. The van der Waals surface area contributed by atoms with E-state index in [9.17, 15) is 24.3 Å². The Bertz CT molecular complexity index is 864. The lowest BCUT2D eigenvalue weighted by molar-refractivity contribution is -0.132. The van der Waals surface area contributed by atoms with Crippen LogP contribution in [0.4, 0.5) is 0 Å². The lowest BCUT2D eigenvalue weighted by Crippen LogP contribution is -2.57. The number of carbonyl (C=O) groups is 3. The number of carbonyl (C=O) groups excluding carboxylic acids is 4. The van der Waals surface area contributed by atoms with E-state index in [2.05, 4.69) is 16.0 Å². The van der Waals surface area contributed by atoms with E-state index in [1.807, 2.05) is 20.1 Å². The van der Waals surface area contributed by atoms with Gasteiger partial charge < -0.3 is 38.3 Å². The number of phenols is 1. The molecule has 4 atom stereocenters. The van der Waals surface area contributed by atoms with Crippen LogP contribution < -0.4 is 33.2 Å². The highest BCUT2D eigenvalue weighted by Gasteiger charge is 2.29. The van der Waals surface area contributed by atoms with Crippen LogP contribution in [0.15, 0.2) is 24.3 Å². The Kier molecular flexibility index (Phi) is 15.9. The van der Waals surface area contributed by atoms with Gasteiger partial charge in [-0.3, -0.25) is 19.2 Å². The van der Waals surface area contributed by atoms with Gasteiger partial charge in [0.1, 0.15) is 17.8 Å². The molecule has 0 aromatic heterocycles. The van der Waals surface area contributed by atoms with Crippen molar-refractivity contribution in [3.8, 4) is 5.75 Å². The van der Waals surface area contributed by atoms with Gasteiger partial charge in [0.05, 0.1) is 12.1 Å². The average Bonchev–Trinajstić information content (AvgIpc) is 2.88. The van der Waals surface area contributed by atoms with Crippen LogP contribution in [0, 0.1) is 5.92 Å². The number of amides is 3. The zero-order chi connectivity index (χ0) is 28.5. The van der Waals surface area contributed by atoms with Crippen LogP contribution >= 0.6 is 0 Å². The topological polar surface area (TPSA) is 203 Å². The first-order chi connectivity index (χ1) is 18.1. The van der Waals surface area contributed by atoms with Gasteiger partial charge in [0.15, 0.2) is 0 Å². The lowest BCUT2D eigenvalue weighted by Gasteiger charge is -2.25. The quantitative estimate of drug-likeness (QED) is 0.121. The van der Waals surface area contributed by atoms with Crippen LogP contribution in [0.3, 0.4) is 0 Å². The van der Waals surface area contributed by atoms with E-state index in [1.165, 1.54) is 12.1 Å². The number of hydrogen-bond donors (Lipinski definition) is 7.